The molecule has 8 heteroatoms. The molecule has 0 atom stereocenters. The molecular formula is C13H12ClN3O3S. The second-order valence-corrected chi connectivity index (χ2v) is 6.27. The average molecular weight is 326 g/mol. The normalized spacial score (nSPS) is 11.1. The predicted molar refractivity (Wildman–Crippen MR) is 79.9 cm³/mol. The average Bonchev–Trinajstić information content (AvgIpc) is 2.48. The number of aromatic nitrogens is 1. The molecule has 0 fully saturated rings. The Kier molecular flexibility index (Phi) is 4.56. The topological polar surface area (TPSA) is 88.2 Å². The molecule has 21 heavy (non-hydrogen) atoms. The number of sulfonamides is 1. The van der Waals surface area contributed by atoms with Gasteiger partial charge in [0.05, 0.1) is 11.3 Å². The zero-order chi connectivity index (χ0) is 15.5. The lowest BCUT2D eigenvalue weighted by Crippen LogP contribution is -2.21. The fourth-order valence-electron chi connectivity index (χ4n) is 1.62. The van der Waals surface area contributed by atoms with Gasteiger partial charge in [-0.15, -0.1) is 0 Å². The summed E-state index contributed by atoms with van der Waals surface area (Å²) in [5.41, 5.74) is 0.461. The summed E-state index contributed by atoms with van der Waals surface area (Å²) in [5.74, 6) is -0.474. The maximum Gasteiger partial charge on any atom is 0.257 e. The summed E-state index contributed by atoms with van der Waals surface area (Å²) >= 11 is 5.65. The van der Waals surface area contributed by atoms with Crippen LogP contribution in [0.25, 0.3) is 0 Å². The molecule has 1 aromatic heterocycles. The molecular weight excluding hydrogens is 314 g/mol. The van der Waals surface area contributed by atoms with Crippen LogP contribution in [0, 0.1) is 0 Å². The van der Waals surface area contributed by atoms with Gasteiger partial charge in [-0.1, -0.05) is 23.7 Å². The fourth-order valence-corrected chi connectivity index (χ4v) is 2.62. The molecule has 2 N–H and O–H groups in total. The first-order chi connectivity index (χ1) is 9.94. The van der Waals surface area contributed by atoms with Crippen molar-refractivity contribution in [3.05, 3.63) is 53.3 Å². The molecule has 0 aliphatic rings. The van der Waals surface area contributed by atoms with E-state index in [1.807, 2.05) is 0 Å². The van der Waals surface area contributed by atoms with E-state index in [9.17, 15) is 13.2 Å². The van der Waals surface area contributed by atoms with Gasteiger partial charge in [0.2, 0.25) is 10.0 Å². The maximum absolute atomic E-state index is 12.1. The number of carbonyl (C=O) groups excluding carboxylic acids is 1. The zero-order valence-corrected chi connectivity index (χ0v) is 12.6. The molecule has 1 heterocycles. The highest BCUT2D eigenvalue weighted by Gasteiger charge is 2.18. The van der Waals surface area contributed by atoms with Gasteiger partial charge in [-0.25, -0.2) is 18.1 Å². The fraction of sp³-hybridized carbons (Fsp3) is 0.0769. The molecule has 0 saturated heterocycles. The molecule has 0 saturated carbocycles. The number of amides is 1. The third-order valence-corrected chi connectivity index (χ3v) is 4.38. The smallest absolute Gasteiger partial charge is 0.257 e. The summed E-state index contributed by atoms with van der Waals surface area (Å²) in [6.45, 7) is 0. The monoisotopic (exact) mass is 325 g/mol. The van der Waals surface area contributed by atoms with Crippen molar-refractivity contribution in [3.63, 3.8) is 0 Å². The zero-order valence-electron chi connectivity index (χ0n) is 11.0. The van der Waals surface area contributed by atoms with E-state index in [-0.39, 0.29) is 21.3 Å². The minimum absolute atomic E-state index is 0.0113. The van der Waals surface area contributed by atoms with E-state index in [2.05, 4.69) is 15.0 Å². The van der Waals surface area contributed by atoms with Crippen LogP contribution in [0.15, 0.2) is 47.5 Å². The quantitative estimate of drug-likeness (QED) is 0.840. The third-order valence-electron chi connectivity index (χ3n) is 2.68. The molecule has 2 aromatic rings. The number of anilines is 1. The van der Waals surface area contributed by atoms with Crippen LogP contribution < -0.4 is 10.0 Å². The highest BCUT2D eigenvalue weighted by Crippen LogP contribution is 2.21. The van der Waals surface area contributed by atoms with Gasteiger partial charge in [-0.2, -0.15) is 0 Å². The molecule has 0 radical (unpaired) electrons. The Hall–Kier alpha value is -1.96. The number of hydrogen-bond acceptors (Lipinski definition) is 4. The predicted octanol–water partition coefficient (Wildman–Crippen LogP) is 1.90. The lowest BCUT2D eigenvalue weighted by molar-refractivity contribution is 0.102. The maximum atomic E-state index is 12.1. The van der Waals surface area contributed by atoms with Crippen LogP contribution in [-0.4, -0.2) is 26.4 Å². The molecule has 1 amide bonds. The van der Waals surface area contributed by atoms with Gasteiger partial charge in [0.1, 0.15) is 10.0 Å². The second kappa shape index (κ2) is 6.21. The first kappa shape index (κ1) is 15.4. The Balaban J connectivity index is 2.32. The first-order valence-corrected chi connectivity index (χ1v) is 7.75. The largest absolute Gasteiger partial charge is 0.321 e. The van der Waals surface area contributed by atoms with Crippen LogP contribution in [0.1, 0.15) is 10.4 Å². The van der Waals surface area contributed by atoms with Gasteiger partial charge in [0, 0.05) is 6.20 Å². The van der Waals surface area contributed by atoms with E-state index in [1.54, 1.807) is 12.1 Å². The highest BCUT2D eigenvalue weighted by molar-refractivity contribution is 7.89. The van der Waals surface area contributed by atoms with E-state index in [0.29, 0.717) is 0 Å². The molecule has 110 valence electrons. The summed E-state index contributed by atoms with van der Waals surface area (Å²) in [4.78, 5) is 15.9. The lowest BCUT2D eigenvalue weighted by Gasteiger charge is -2.10. The Labute approximate surface area is 127 Å². The van der Waals surface area contributed by atoms with E-state index in [0.717, 1.165) is 0 Å². The Morgan fingerprint density at radius 3 is 2.52 bits per heavy atom. The van der Waals surface area contributed by atoms with Crippen LogP contribution in [-0.2, 0) is 10.0 Å². The number of carbonyl (C=O) groups is 1. The van der Waals surface area contributed by atoms with Crippen LogP contribution in [0.2, 0.25) is 5.15 Å². The van der Waals surface area contributed by atoms with Gasteiger partial charge in [-0.3, -0.25) is 4.79 Å². The summed E-state index contributed by atoms with van der Waals surface area (Å²) < 4.78 is 26.0. The first-order valence-electron chi connectivity index (χ1n) is 5.89. The van der Waals surface area contributed by atoms with Crippen LogP contribution in [0.5, 0.6) is 0 Å². The standard InChI is InChI=1S/C13H12ClN3O3S/c1-15-21(19,20)11-5-3-2-4-10(11)17-13(18)9-6-7-12(14)16-8-9/h2-8,15H,1H3,(H,17,18). The van der Waals surface area contributed by atoms with Gasteiger partial charge < -0.3 is 5.32 Å². The molecule has 0 spiro atoms. The van der Waals surface area contributed by atoms with Crippen molar-refractivity contribution in [2.45, 2.75) is 4.90 Å². The van der Waals surface area contributed by atoms with Crippen LogP contribution >= 0.6 is 11.6 Å². The second-order valence-electron chi connectivity index (χ2n) is 4.03. The van der Waals surface area contributed by atoms with Crippen molar-refractivity contribution < 1.29 is 13.2 Å². The number of benzene rings is 1. The number of nitrogens with one attached hydrogen (secondary N) is 2. The van der Waals surface area contributed by atoms with E-state index in [1.165, 1.54) is 37.5 Å². The van der Waals surface area contributed by atoms with E-state index < -0.39 is 15.9 Å². The van der Waals surface area contributed by atoms with Crippen molar-refractivity contribution in [3.8, 4) is 0 Å². The molecule has 0 unspecified atom stereocenters. The van der Waals surface area contributed by atoms with E-state index in [4.69, 9.17) is 11.6 Å². The molecule has 6 nitrogen and oxygen atoms in total. The van der Waals surface area contributed by atoms with Crippen molar-refractivity contribution in [1.29, 1.82) is 0 Å². The van der Waals surface area contributed by atoms with Gasteiger partial charge in [-0.05, 0) is 31.3 Å². The minimum Gasteiger partial charge on any atom is -0.321 e. The Morgan fingerprint density at radius 1 is 1.19 bits per heavy atom. The van der Waals surface area contributed by atoms with Gasteiger partial charge >= 0.3 is 0 Å². The third kappa shape index (κ3) is 3.57. The molecule has 2 rings (SSSR count). The summed E-state index contributed by atoms with van der Waals surface area (Å²) in [5, 5.41) is 2.81. The molecule has 0 aliphatic carbocycles. The number of halogens is 1. The number of rotatable bonds is 4. The van der Waals surface area contributed by atoms with Crippen LogP contribution in [0.3, 0.4) is 0 Å². The van der Waals surface area contributed by atoms with Crippen molar-refractivity contribution in [2.75, 3.05) is 12.4 Å². The minimum atomic E-state index is -3.66. The summed E-state index contributed by atoms with van der Waals surface area (Å²) in [6.07, 6.45) is 1.31. The number of nitrogens with zero attached hydrogens (tertiary/aromatic N) is 1. The number of hydrogen-bond donors (Lipinski definition) is 2. The highest BCUT2D eigenvalue weighted by atomic mass is 35.5. The Morgan fingerprint density at radius 2 is 1.90 bits per heavy atom. The van der Waals surface area contributed by atoms with Gasteiger partial charge in [0.15, 0.2) is 0 Å². The molecule has 0 aliphatic heterocycles. The SMILES string of the molecule is CNS(=O)(=O)c1ccccc1NC(=O)c1ccc(Cl)nc1. The van der Waals surface area contributed by atoms with Gasteiger partial charge in [0.25, 0.3) is 5.91 Å². The number of pyridine rings is 1. The Bertz CT molecular complexity index is 760. The summed E-state index contributed by atoms with van der Waals surface area (Å²) in [7, 11) is -2.36. The molecule has 0 bridgehead atoms. The number of para-hydroxylation sites is 1. The molecule has 1 aromatic carbocycles. The van der Waals surface area contributed by atoms with Crippen LogP contribution in [0.4, 0.5) is 5.69 Å². The summed E-state index contributed by atoms with van der Waals surface area (Å²) in [6, 6.07) is 9.09. The lowest BCUT2D eigenvalue weighted by atomic mass is 10.2. The van der Waals surface area contributed by atoms with Crippen molar-refractivity contribution in [1.82, 2.24) is 9.71 Å². The van der Waals surface area contributed by atoms with Crippen molar-refractivity contribution >= 4 is 33.2 Å². The van der Waals surface area contributed by atoms with E-state index >= 15 is 0 Å². The van der Waals surface area contributed by atoms with Crippen molar-refractivity contribution in [2.24, 2.45) is 0 Å².